The van der Waals surface area contributed by atoms with E-state index in [2.05, 4.69) is 4.90 Å². The number of aliphatic hydroxyl groups excluding tert-OH is 1. The quantitative estimate of drug-likeness (QED) is 0.840. The minimum absolute atomic E-state index is 0.147. The molecule has 4 nitrogen and oxygen atoms in total. The normalized spacial score (nSPS) is 23.5. The zero-order chi connectivity index (χ0) is 13.7. The molecule has 4 heteroatoms. The molecule has 1 amide bonds. The van der Waals surface area contributed by atoms with Crippen molar-refractivity contribution in [1.82, 2.24) is 9.80 Å². The number of rotatable bonds is 4. The van der Waals surface area contributed by atoms with Gasteiger partial charge in [-0.1, -0.05) is 19.3 Å². The minimum Gasteiger partial charge on any atom is -0.387 e. The average molecular weight is 268 g/mol. The fourth-order valence-electron chi connectivity index (χ4n) is 3.54. The second-order valence-corrected chi connectivity index (χ2v) is 6.20. The molecule has 0 aromatic rings. The number of carbonyl (C=O) groups is 1. The summed E-state index contributed by atoms with van der Waals surface area (Å²) < 4.78 is 0. The third-order valence-electron chi connectivity index (χ3n) is 4.87. The van der Waals surface area contributed by atoms with Gasteiger partial charge in [0.2, 0.25) is 5.91 Å². The first-order valence-corrected chi connectivity index (χ1v) is 7.79. The Labute approximate surface area is 116 Å². The van der Waals surface area contributed by atoms with E-state index in [1.165, 1.54) is 38.6 Å². The van der Waals surface area contributed by atoms with Gasteiger partial charge in [0.1, 0.15) is 6.61 Å². The molecular formula is C15H28N2O2. The molecule has 1 heterocycles. The van der Waals surface area contributed by atoms with Crippen LogP contribution in [0.4, 0.5) is 0 Å². The Morgan fingerprint density at radius 1 is 1.16 bits per heavy atom. The summed E-state index contributed by atoms with van der Waals surface area (Å²) in [5.41, 5.74) is 0. The van der Waals surface area contributed by atoms with Crippen LogP contribution in [0, 0.1) is 5.92 Å². The summed E-state index contributed by atoms with van der Waals surface area (Å²) in [5.74, 6) is 0.757. The summed E-state index contributed by atoms with van der Waals surface area (Å²) in [5, 5.41) is 8.90. The molecule has 1 aliphatic heterocycles. The first-order valence-electron chi connectivity index (χ1n) is 7.79. The summed E-state index contributed by atoms with van der Waals surface area (Å²) >= 11 is 0. The van der Waals surface area contributed by atoms with Crippen LogP contribution in [0.2, 0.25) is 0 Å². The minimum atomic E-state index is -0.362. The van der Waals surface area contributed by atoms with Crippen LogP contribution in [0.25, 0.3) is 0 Å². The predicted octanol–water partition coefficient (Wildman–Crippen LogP) is 1.48. The van der Waals surface area contributed by atoms with Crippen molar-refractivity contribution in [2.75, 3.05) is 33.3 Å². The molecular weight excluding hydrogens is 240 g/mol. The van der Waals surface area contributed by atoms with E-state index in [-0.39, 0.29) is 12.5 Å². The number of nitrogens with zero attached hydrogens (tertiary/aromatic N) is 2. The Hall–Kier alpha value is -0.610. The van der Waals surface area contributed by atoms with Gasteiger partial charge in [0.25, 0.3) is 0 Å². The number of piperidine rings is 1. The van der Waals surface area contributed by atoms with Crippen LogP contribution in [-0.4, -0.2) is 60.1 Å². The van der Waals surface area contributed by atoms with Crippen molar-refractivity contribution in [1.29, 1.82) is 0 Å². The highest BCUT2D eigenvalue weighted by atomic mass is 16.3. The molecule has 1 aliphatic carbocycles. The monoisotopic (exact) mass is 268 g/mol. The van der Waals surface area contributed by atoms with Crippen LogP contribution in [-0.2, 0) is 4.79 Å². The van der Waals surface area contributed by atoms with Crippen molar-refractivity contribution in [3.8, 4) is 0 Å². The lowest BCUT2D eigenvalue weighted by molar-refractivity contribution is -0.135. The van der Waals surface area contributed by atoms with Gasteiger partial charge in [-0.2, -0.15) is 0 Å². The molecule has 2 fully saturated rings. The maximum Gasteiger partial charge on any atom is 0.248 e. The fourth-order valence-corrected chi connectivity index (χ4v) is 3.54. The van der Waals surface area contributed by atoms with Crippen molar-refractivity contribution in [2.45, 2.75) is 51.0 Å². The van der Waals surface area contributed by atoms with Gasteiger partial charge >= 0.3 is 0 Å². The molecule has 1 N–H and O–H groups in total. The molecule has 1 saturated heterocycles. The molecule has 0 radical (unpaired) electrons. The molecule has 0 spiro atoms. The van der Waals surface area contributed by atoms with Gasteiger partial charge in [-0.05, 0) is 31.6 Å². The number of hydrogen-bond donors (Lipinski definition) is 1. The van der Waals surface area contributed by atoms with Crippen LogP contribution in [0.3, 0.4) is 0 Å². The van der Waals surface area contributed by atoms with E-state index < -0.39 is 0 Å². The molecule has 0 unspecified atom stereocenters. The Kier molecular flexibility index (Phi) is 5.64. The van der Waals surface area contributed by atoms with E-state index in [1.807, 2.05) is 7.05 Å². The highest BCUT2D eigenvalue weighted by molar-refractivity contribution is 5.77. The van der Waals surface area contributed by atoms with Gasteiger partial charge in [-0.3, -0.25) is 4.79 Å². The summed E-state index contributed by atoms with van der Waals surface area (Å²) in [6.45, 7) is 3.09. The largest absolute Gasteiger partial charge is 0.387 e. The molecule has 0 aromatic carbocycles. The van der Waals surface area contributed by atoms with Gasteiger partial charge in [-0.15, -0.1) is 0 Å². The molecule has 1 saturated carbocycles. The molecule has 110 valence electrons. The second kappa shape index (κ2) is 7.25. The summed E-state index contributed by atoms with van der Waals surface area (Å²) in [4.78, 5) is 15.8. The molecule has 0 aromatic heterocycles. The number of amides is 1. The number of likely N-dealkylation sites (N-methyl/N-ethyl adjacent to an activating group) is 1. The van der Waals surface area contributed by atoms with E-state index in [0.29, 0.717) is 6.04 Å². The fraction of sp³-hybridized carbons (Fsp3) is 0.933. The van der Waals surface area contributed by atoms with E-state index >= 15 is 0 Å². The van der Waals surface area contributed by atoms with Crippen LogP contribution in [0.1, 0.15) is 44.9 Å². The van der Waals surface area contributed by atoms with Gasteiger partial charge in [0, 0.05) is 32.7 Å². The Balaban J connectivity index is 1.71. The predicted molar refractivity (Wildman–Crippen MR) is 75.9 cm³/mol. The highest BCUT2D eigenvalue weighted by Crippen LogP contribution is 2.26. The lowest BCUT2D eigenvalue weighted by Gasteiger charge is -2.38. The first-order chi connectivity index (χ1) is 9.20. The van der Waals surface area contributed by atoms with Gasteiger partial charge in [0.15, 0.2) is 0 Å². The van der Waals surface area contributed by atoms with Gasteiger partial charge in [0.05, 0.1) is 0 Å². The average Bonchev–Trinajstić information content (AvgIpc) is 2.47. The summed E-state index contributed by atoms with van der Waals surface area (Å²) in [6.07, 6.45) is 9.16. The first kappa shape index (κ1) is 14.8. The number of hydrogen-bond acceptors (Lipinski definition) is 3. The Bertz CT molecular complexity index is 282. The van der Waals surface area contributed by atoms with E-state index in [1.54, 1.807) is 4.90 Å². The lowest BCUT2D eigenvalue weighted by atomic mass is 9.88. The van der Waals surface area contributed by atoms with Crippen LogP contribution < -0.4 is 0 Å². The maximum absolute atomic E-state index is 11.5. The van der Waals surface area contributed by atoms with Crippen molar-refractivity contribution >= 4 is 5.91 Å². The Morgan fingerprint density at radius 3 is 2.37 bits per heavy atom. The maximum atomic E-state index is 11.5. The van der Waals surface area contributed by atoms with Crippen LogP contribution in [0.15, 0.2) is 0 Å². The van der Waals surface area contributed by atoms with E-state index in [9.17, 15) is 4.79 Å². The van der Waals surface area contributed by atoms with Crippen molar-refractivity contribution in [3.63, 3.8) is 0 Å². The molecule has 0 bridgehead atoms. The summed E-state index contributed by atoms with van der Waals surface area (Å²) in [7, 11) is 1.82. The van der Waals surface area contributed by atoms with Crippen molar-refractivity contribution in [2.24, 2.45) is 5.92 Å². The zero-order valence-electron chi connectivity index (χ0n) is 12.2. The lowest BCUT2D eigenvalue weighted by Crippen LogP contribution is -2.47. The molecule has 2 aliphatic rings. The van der Waals surface area contributed by atoms with Gasteiger partial charge < -0.3 is 14.9 Å². The Morgan fingerprint density at radius 2 is 1.79 bits per heavy atom. The molecule has 2 rings (SSSR count). The van der Waals surface area contributed by atoms with Crippen LogP contribution in [0.5, 0.6) is 0 Å². The standard InChI is InChI=1S/C15H28N2O2/c1-16(15(19)12-18)14-7-9-17(10-8-14)11-13-5-3-2-4-6-13/h13-14,18H,2-12H2,1H3. The van der Waals surface area contributed by atoms with Crippen molar-refractivity contribution in [3.05, 3.63) is 0 Å². The number of likely N-dealkylation sites (tertiary alicyclic amines) is 1. The highest BCUT2D eigenvalue weighted by Gasteiger charge is 2.26. The molecule has 0 atom stereocenters. The zero-order valence-corrected chi connectivity index (χ0v) is 12.2. The topological polar surface area (TPSA) is 43.8 Å². The van der Waals surface area contributed by atoms with Gasteiger partial charge in [-0.25, -0.2) is 0 Å². The SMILES string of the molecule is CN(C(=O)CO)C1CCN(CC2CCCCC2)CC1. The van der Waals surface area contributed by atoms with Crippen LogP contribution >= 0.6 is 0 Å². The van der Waals surface area contributed by atoms with E-state index in [4.69, 9.17) is 5.11 Å². The third-order valence-corrected chi connectivity index (χ3v) is 4.87. The van der Waals surface area contributed by atoms with Crippen molar-refractivity contribution < 1.29 is 9.90 Å². The number of carbonyl (C=O) groups excluding carboxylic acids is 1. The molecule has 19 heavy (non-hydrogen) atoms. The summed E-state index contributed by atoms with van der Waals surface area (Å²) in [6, 6.07) is 0.322. The second-order valence-electron chi connectivity index (χ2n) is 6.20. The van der Waals surface area contributed by atoms with E-state index in [0.717, 1.165) is 31.8 Å². The smallest absolute Gasteiger partial charge is 0.248 e. The number of aliphatic hydroxyl groups is 1. The third kappa shape index (κ3) is 4.18.